The number of fused-ring (bicyclic) bond motifs is 1. The number of aliphatic hydroxyl groups excluding tert-OH is 1. The zero-order valence-electron chi connectivity index (χ0n) is 22.6. The number of morpholine rings is 1. The molecule has 5 rings (SSSR count). The second kappa shape index (κ2) is 12.4. The number of aromatic nitrogens is 2. The number of hydrogen-bond acceptors (Lipinski definition) is 9. The predicted molar refractivity (Wildman–Crippen MR) is 149 cm³/mol. The first-order chi connectivity index (χ1) is 19.8. The van der Waals surface area contributed by atoms with E-state index in [2.05, 4.69) is 20.7 Å². The molecule has 2 aromatic carbocycles. The number of halogens is 2. The fourth-order valence-electron chi connectivity index (χ4n) is 4.80. The summed E-state index contributed by atoms with van der Waals surface area (Å²) in [6, 6.07) is 7.55. The summed E-state index contributed by atoms with van der Waals surface area (Å²) >= 11 is 6.44. The van der Waals surface area contributed by atoms with Crippen LogP contribution < -0.4 is 15.5 Å². The molecular formula is C28H30ClFN6O5. The number of aliphatic hydroxyl groups is 1. The van der Waals surface area contributed by atoms with Crippen LogP contribution >= 0.6 is 11.6 Å². The summed E-state index contributed by atoms with van der Waals surface area (Å²) in [5.74, 6) is -0.747. The van der Waals surface area contributed by atoms with Gasteiger partial charge in [0.15, 0.2) is 0 Å². The maximum absolute atomic E-state index is 14.0. The third-order valence-corrected chi connectivity index (χ3v) is 7.38. The fourth-order valence-corrected chi connectivity index (χ4v) is 5.00. The van der Waals surface area contributed by atoms with Crippen LogP contribution in [0, 0.1) is 5.82 Å². The van der Waals surface area contributed by atoms with Gasteiger partial charge in [-0.05, 0) is 36.2 Å². The van der Waals surface area contributed by atoms with Crippen LogP contribution in [0.4, 0.5) is 10.3 Å². The molecule has 0 saturated carbocycles. The van der Waals surface area contributed by atoms with Crippen molar-refractivity contribution in [3.05, 3.63) is 70.1 Å². The van der Waals surface area contributed by atoms with Crippen LogP contribution in [-0.2, 0) is 16.1 Å². The summed E-state index contributed by atoms with van der Waals surface area (Å²) in [6.45, 7) is 3.94. The smallest absolute Gasteiger partial charge is 0.255 e. The largest absolute Gasteiger partial charge is 0.497 e. The van der Waals surface area contributed by atoms with Crippen LogP contribution in [-0.4, -0.2) is 82.9 Å². The fraction of sp³-hybridized carbons (Fsp3) is 0.357. The molecule has 0 spiro atoms. The number of ether oxygens (including phenoxy) is 2. The van der Waals surface area contributed by atoms with Gasteiger partial charge in [0, 0.05) is 36.8 Å². The lowest BCUT2D eigenvalue weighted by Crippen LogP contribution is -2.46. The highest BCUT2D eigenvalue weighted by molar-refractivity contribution is 6.33. The SMILES string of the molecule is COc1cc(F)cc([C@@H](CO)NC(=O)[C@@H](C)N2Cc3ccc(-c4nc(NN5CCOCC5)ncc4Cl)cc3C2=O)c1. The minimum atomic E-state index is -0.888. The van der Waals surface area contributed by atoms with E-state index >= 15 is 0 Å². The Bertz CT molecular complexity index is 1450. The van der Waals surface area contributed by atoms with Crippen LogP contribution in [0.15, 0.2) is 42.6 Å². The molecule has 2 amide bonds. The van der Waals surface area contributed by atoms with E-state index in [1.165, 1.54) is 36.4 Å². The normalized spacial score (nSPS) is 16.7. The summed E-state index contributed by atoms with van der Waals surface area (Å²) in [5, 5.41) is 14.9. The first kappa shape index (κ1) is 28.7. The summed E-state index contributed by atoms with van der Waals surface area (Å²) in [5.41, 5.74) is 5.80. The van der Waals surface area contributed by atoms with Crippen molar-refractivity contribution < 1.29 is 28.6 Å². The van der Waals surface area contributed by atoms with E-state index in [0.29, 0.717) is 59.7 Å². The zero-order valence-corrected chi connectivity index (χ0v) is 23.3. The molecule has 0 radical (unpaired) electrons. The van der Waals surface area contributed by atoms with Crippen molar-refractivity contribution >= 4 is 29.4 Å². The second-order valence-corrected chi connectivity index (χ2v) is 10.2. The molecule has 2 aliphatic heterocycles. The Morgan fingerprint density at radius 3 is 2.76 bits per heavy atom. The third kappa shape index (κ3) is 6.25. The number of hydrazine groups is 1. The van der Waals surface area contributed by atoms with Gasteiger partial charge in [-0.15, -0.1) is 0 Å². The lowest BCUT2D eigenvalue weighted by atomic mass is 10.0. The van der Waals surface area contributed by atoms with Crippen LogP contribution in [0.2, 0.25) is 5.02 Å². The van der Waals surface area contributed by atoms with Gasteiger partial charge in [0.25, 0.3) is 5.91 Å². The summed E-state index contributed by atoms with van der Waals surface area (Å²) < 4.78 is 24.5. The van der Waals surface area contributed by atoms with Crippen LogP contribution in [0.1, 0.15) is 34.5 Å². The molecule has 0 unspecified atom stereocenters. The Morgan fingerprint density at radius 2 is 2.02 bits per heavy atom. The van der Waals surface area contributed by atoms with Gasteiger partial charge in [0.1, 0.15) is 17.6 Å². The van der Waals surface area contributed by atoms with E-state index in [-0.39, 0.29) is 18.2 Å². The number of carbonyl (C=O) groups is 2. The van der Waals surface area contributed by atoms with Crippen molar-refractivity contribution in [3.63, 3.8) is 0 Å². The van der Waals surface area contributed by atoms with Gasteiger partial charge in [-0.3, -0.25) is 15.0 Å². The molecule has 1 saturated heterocycles. The highest BCUT2D eigenvalue weighted by atomic mass is 35.5. The highest BCUT2D eigenvalue weighted by Gasteiger charge is 2.35. The maximum Gasteiger partial charge on any atom is 0.255 e. The monoisotopic (exact) mass is 584 g/mol. The van der Waals surface area contributed by atoms with Crippen LogP contribution in [0.3, 0.4) is 0 Å². The number of hydrogen-bond donors (Lipinski definition) is 3. The molecule has 3 heterocycles. The first-order valence-corrected chi connectivity index (χ1v) is 13.5. The minimum Gasteiger partial charge on any atom is -0.497 e. The molecule has 11 nitrogen and oxygen atoms in total. The van der Waals surface area contributed by atoms with Crippen molar-refractivity contribution in [1.29, 1.82) is 0 Å². The molecule has 1 aromatic heterocycles. The van der Waals surface area contributed by atoms with E-state index in [0.717, 1.165) is 5.56 Å². The number of nitrogens with zero attached hydrogens (tertiary/aromatic N) is 4. The van der Waals surface area contributed by atoms with Gasteiger partial charge in [-0.1, -0.05) is 23.7 Å². The standard InChI is InChI=1S/C28H30ClFN6O5/c1-16(26(38)32-24(15-37)19-9-20(30)12-21(10-19)40-2)36-14-18-4-3-17(11-22(18)27(36)39)25-23(29)13-31-28(33-25)34-35-5-7-41-8-6-35/h3-4,9-13,16,24,37H,5-8,14-15H2,1-2H3,(H,32,38)(H,31,33,34)/t16-,24-/m1/s1. The first-order valence-electron chi connectivity index (χ1n) is 13.1. The Hall–Kier alpha value is -3.84. The average Bonchev–Trinajstić information content (AvgIpc) is 3.31. The molecule has 41 heavy (non-hydrogen) atoms. The Labute approximate surface area is 241 Å². The number of nitrogens with one attached hydrogen (secondary N) is 2. The average molecular weight is 585 g/mol. The molecular weight excluding hydrogens is 555 g/mol. The van der Waals surface area contributed by atoms with E-state index in [9.17, 15) is 19.1 Å². The number of anilines is 1. The third-order valence-electron chi connectivity index (χ3n) is 7.11. The molecule has 1 fully saturated rings. The van der Waals surface area contributed by atoms with Crippen LogP contribution in [0.25, 0.3) is 11.3 Å². The number of carbonyl (C=O) groups excluding carboxylic acids is 2. The highest BCUT2D eigenvalue weighted by Crippen LogP contribution is 2.32. The van der Waals surface area contributed by atoms with Crippen molar-refractivity contribution in [2.45, 2.75) is 25.6 Å². The van der Waals surface area contributed by atoms with Gasteiger partial charge in [0.2, 0.25) is 11.9 Å². The molecule has 3 N–H and O–H groups in total. The van der Waals surface area contributed by atoms with E-state index in [1.807, 2.05) is 17.1 Å². The van der Waals surface area contributed by atoms with Gasteiger partial charge >= 0.3 is 0 Å². The van der Waals surface area contributed by atoms with Crippen molar-refractivity contribution in [1.82, 2.24) is 25.2 Å². The maximum atomic E-state index is 14.0. The van der Waals surface area contributed by atoms with E-state index in [1.54, 1.807) is 13.0 Å². The van der Waals surface area contributed by atoms with Gasteiger partial charge in [-0.2, -0.15) is 0 Å². The van der Waals surface area contributed by atoms with Crippen molar-refractivity contribution in [2.75, 3.05) is 45.4 Å². The minimum absolute atomic E-state index is 0.224. The summed E-state index contributed by atoms with van der Waals surface area (Å²) in [6.07, 6.45) is 1.51. The van der Waals surface area contributed by atoms with Crippen LogP contribution in [0.5, 0.6) is 5.75 Å². The molecule has 0 aliphatic carbocycles. The number of methoxy groups -OCH3 is 1. The Kier molecular flexibility index (Phi) is 8.64. The number of rotatable bonds is 9. The lowest BCUT2D eigenvalue weighted by Gasteiger charge is -2.27. The van der Waals surface area contributed by atoms with Gasteiger partial charge < -0.3 is 24.8 Å². The lowest BCUT2D eigenvalue weighted by molar-refractivity contribution is -0.126. The second-order valence-electron chi connectivity index (χ2n) is 9.75. The Balaban J connectivity index is 1.31. The van der Waals surface area contributed by atoms with Crippen molar-refractivity contribution in [3.8, 4) is 17.0 Å². The van der Waals surface area contributed by atoms with Gasteiger partial charge in [0.05, 0.1) is 49.9 Å². The quantitative estimate of drug-likeness (QED) is 0.348. The number of amides is 2. The molecule has 3 aromatic rings. The molecule has 2 atom stereocenters. The van der Waals surface area contributed by atoms with E-state index in [4.69, 9.17) is 21.1 Å². The Morgan fingerprint density at radius 1 is 1.24 bits per heavy atom. The number of benzene rings is 2. The topological polar surface area (TPSA) is 129 Å². The van der Waals surface area contributed by atoms with Gasteiger partial charge in [-0.25, -0.2) is 19.4 Å². The predicted octanol–water partition coefficient (Wildman–Crippen LogP) is 2.80. The molecule has 216 valence electrons. The molecule has 0 bridgehead atoms. The zero-order chi connectivity index (χ0) is 29.1. The van der Waals surface area contributed by atoms with Crippen molar-refractivity contribution in [2.24, 2.45) is 0 Å². The molecule has 2 aliphatic rings. The summed E-state index contributed by atoms with van der Waals surface area (Å²) in [7, 11) is 1.40. The van der Waals surface area contributed by atoms with E-state index < -0.39 is 30.4 Å². The summed E-state index contributed by atoms with van der Waals surface area (Å²) in [4.78, 5) is 36.9. The molecule has 13 heteroatoms.